The second-order valence-electron chi connectivity index (χ2n) is 4.80. The smallest absolute Gasteiger partial charge is 0.237 e. The van der Waals surface area contributed by atoms with Gasteiger partial charge in [-0.2, -0.15) is 0 Å². The van der Waals surface area contributed by atoms with Crippen molar-refractivity contribution in [2.75, 3.05) is 13.1 Å². The molecule has 4 nitrogen and oxygen atoms in total. The summed E-state index contributed by atoms with van der Waals surface area (Å²) in [5.74, 6) is 0.0489. The number of carbonyl (C=O) groups excluding carboxylic acids is 1. The van der Waals surface area contributed by atoms with Crippen molar-refractivity contribution in [3.8, 4) is 0 Å². The van der Waals surface area contributed by atoms with Gasteiger partial charge in [0.2, 0.25) is 5.91 Å². The summed E-state index contributed by atoms with van der Waals surface area (Å²) in [6.45, 7) is 1.35. The van der Waals surface area contributed by atoms with E-state index in [2.05, 4.69) is 10.6 Å². The summed E-state index contributed by atoms with van der Waals surface area (Å²) in [5.41, 5.74) is -0.631. The van der Waals surface area contributed by atoms with Crippen molar-refractivity contribution in [1.82, 2.24) is 10.6 Å². The Hall–Kier alpha value is -0.610. The number of amides is 1. The zero-order valence-electron chi connectivity index (χ0n) is 9.09. The molecule has 0 bridgehead atoms. The second-order valence-corrected chi connectivity index (χ2v) is 4.80. The Labute approximate surface area is 90.4 Å². The van der Waals surface area contributed by atoms with Crippen molar-refractivity contribution in [1.29, 1.82) is 0 Å². The topological polar surface area (TPSA) is 61.4 Å². The molecule has 0 aromatic heterocycles. The first-order valence-electron chi connectivity index (χ1n) is 5.93. The Balaban J connectivity index is 1.74. The van der Waals surface area contributed by atoms with E-state index in [-0.39, 0.29) is 11.9 Å². The van der Waals surface area contributed by atoms with Crippen LogP contribution in [-0.4, -0.2) is 35.7 Å². The zero-order valence-corrected chi connectivity index (χ0v) is 9.09. The molecule has 1 saturated heterocycles. The molecule has 1 saturated carbocycles. The molecule has 1 amide bonds. The Morgan fingerprint density at radius 3 is 2.73 bits per heavy atom. The second kappa shape index (κ2) is 4.49. The standard InChI is InChI=1S/C11H20N2O2/c14-10(9-4-3-7-12-9)13-8-11(15)5-1-2-6-11/h9,12,15H,1-8H2,(H,13,14)/t9-/m1/s1. The largest absolute Gasteiger partial charge is 0.388 e. The molecule has 15 heavy (non-hydrogen) atoms. The van der Waals surface area contributed by atoms with E-state index in [1.165, 1.54) is 0 Å². The van der Waals surface area contributed by atoms with Gasteiger partial charge in [-0.15, -0.1) is 0 Å². The summed E-state index contributed by atoms with van der Waals surface area (Å²) in [6, 6.07) is -0.0324. The highest BCUT2D eigenvalue weighted by Gasteiger charge is 2.32. The van der Waals surface area contributed by atoms with Crippen LogP contribution in [0.4, 0.5) is 0 Å². The molecule has 86 valence electrons. The maximum atomic E-state index is 11.7. The van der Waals surface area contributed by atoms with Crippen LogP contribution in [0.1, 0.15) is 38.5 Å². The molecule has 1 atom stereocenters. The van der Waals surface area contributed by atoms with Crippen LogP contribution in [0.15, 0.2) is 0 Å². The molecule has 0 aromatic carbocycles. The van der Waals surface area contributed by atoms with Gasteiger partial charge in [0, 0.05) is 6.54 Å². The van der Waals surface area contributed by atoms with Gasteiger partial charge in [-0.25, -0.2) is 0 Å². The van der Waals surface area contributed by atoms with E-state index in [1.807, 2.05) is 0 Å². The van der Waals surface area contributed by atoms with Gasteiger partial charge in [0.15, 0.2) is 0 Å². The van der Waals surface area contributed by atoms with Gasteiger partial charge in [-0.05, 0) is 32.2 Å². The molecular formula is C11H20N2O2. The highest BCUT2D eigenvalue weighted by molar-refractivity contribution is 5.82. The third kappa shape index (κ3) is 2.69. The highest BCUT2D eigenvalue weighted by atomic mass is 16.3. The van der Waals surface area contributed by atoms with E-state index in [9.17, 15) is 9.90 Å². The predicted octanol–water partition coefficient (Wildman–Crippen LogP) is 0.160. The van der Waals surface area contributed by atoms with Gasteiger partial charge in [-0.3, -0.25) is 4.79 Å². The van der Waals surface area contributed by atoms with Gasteiger partial charge in [0.05, 0.1) is 11.6 Å². The minimum Gasteiger partial charge on any atom is -0.388 e. The van der Waals surface area contributed by atoms with E-state index < -0.39 is 5.60 Å². The lowest BCUT2D eigenvalue weighted by Gasteiger charge is -2.23. The van der Waals surface area contributed by atoms with Crippen molar-refractivity contribution in [3.05, 3.63) is 0 Å². The average Bonchev–Trinajstić information content (AvgIpc) is 2.85. The zero-order chi connectivity index (χ0) is 10.7. The lowest BCUT2D eigenvalue weighted by molar-refractivity contribution is -0.124. The van der Waals surface area contributed by atoms with Crippen LogP contribution in [0.25, 0.3) is 0 Å². The fourth-order valence-electron chi connectivity index (χ4n) is 2.49. The third-order valence-corrected chi connectivity index (χ3v) is 3.50. The quantitative estimate of drug-likeness (QED) is 0.624. The lowest BCUT2D eigenvalue weighted by Crippen LogP contribution is -2.47. The minimum atomic E-state index is -0.631. The molecule has 1 aliphatic heterocycles. The van der Waals surface area contributed by atoms with Gasteiger partial charge in [-0.1, -0.05) is 12.8 Å². The molecule has 0 unspecified atom stereocenters. The number of carbonyl (C=O) groups is 1. The van der Waals surface area contributed by atoms with Gasteiger partial charge < -0.3 is 15.7 Å². The molecule has 2 aliphatic rings. The molecule has 2 fully saturated rings. The van der Waals surface area contributed by atoms with Crippen LogP contribution >= 0.6 is 0 Å². The van der Waals surface area contributed by atoms with Crippen molar-refractivity contribution < 1.29 is 9.90 Å². The van der Waals surface area contributed by atoms with E-state index in [4.69, 9.17) is 0 Å². The van der Waals surface area contributed by atoms with E-state index in [0.717, 1.165) is 45.1 Å². The van der Waals surface area contributed by atoms with Crippen molar-refractivity contribution in [2.24, 2.45) is 0 Å². The SMILES string of the molecule is O=C(NCC1(O)CCCC1)[C@H]1CCCN1. The Morgan fingerprint density at radius 1 is 1.40 bits per heavy atom. The number of hydrogen-bond donors (Lipinski definition) is 3. The summed E-state index contributed by atoms with van der Waals surface area (Å²) in [5, 5.41) is 16.1. The summed E-state index contributed by atoms with van der Waals surface area (Å²) >= 11 is 0. The third-order valence-electron chi connectivity index (χ3n) is 3.50. The molecule has 0 aromatic rings. The van der Waals surface area contributed by atoms with Crippen LogP contribution in [-0.2, 0) is 4.79 Å². The predicted molar refractivity (Wildman–Crippen MR) is 57.5 cm³/mol. The average molecular weight is 212 g/mol. The molecule has 0 spiro atoms. The summed E-state index contributed by atoms with van der Waals surface area (Å²) < 4.78 is 0. The van der Waals surface area contributed by atoms with Crippen LogP contribution in [0.3, 0.4) is 0 Å². The fraction of sp³-hybridized carbons (Fsp3) is 0.909. The van der Waals surface area contributed by atoms with Crippen LogP contribution in [0, 0.1) is 0 Å². The van der Waals surface area contributed by atoms with E-state index in [0.29, 0.717) is 6.54 Å². The molecule has 3 N–H and O–H groups in total. The maximum absolute atomic E-state index is 11.7. The van der Waals surface area contributed by atoms with Crippen molar-refractivity contribution >= 4 is 5.91 Å². The molecule has 1 aliphatic carbocycles. The van der Waals surface area contributed by atoms with Gasteiger partial charge in [0.1, 0.15) is 0 Å². The molecule has 2 rings (SSSR count). The first-order chi connectivity index (χ1) is 7.20. The molecular weight excluding hydrogens is 192 g/mol. The highest BCUT2D eigenvalue weighted by Crippen LogP contribution is 2.28. The molecule has 1 heterocycles. The maximum Gasteiger partial charge on any atom is 0.237 e. The monoisotopic (exact) mass is 212 g/mol. The summed E-state index contributed by atoms with van der Waals surface area (Å²) in [6.07, 6.45) is 5.80. The fourth-order valence-corrected chi connectivity index (χ4v) is 2.49. The van der Waals surface area contributed by atoms with E-state index >= 15 is 0 Å². The van der Waals surface area contributed by atoms with Crippen LogP contribution in [0.2, 0.25) is 0 Å². The lowest BCUT2D eigenvalue weighted by atomic mass is 10.0. The van der Waals surface area contributed by atoms with Crippen molar-refractivity contribution in [2.45, 2.75) is 50.2 Å². The van der Waals surface area contributed by atoms with Gasteiger partial charge in [0.25, 0.3) is 0 Å². The van der Waals surface area contributed by atoms with Crippen LogP contribution < -0.4 is 10.6 Å². The van der Waals surface area contributed by atoms with Crippen LogP contribution in [0.5, 0.6) is 0 Å². The molecule has 0 radical (unpaired) electrons. The Bertz CT molecular complexity index is 231. The van der Waals surface area contributed by atoms with Gasteiger partial charge >= 0.3 is 0 Å². The Kier molecular flexibility index (Phi) is 3.26. The summed E-state index contributed by atoms with van der Waals surface area (Å²) in [4.78, 5) is 11.7. The van der Waals surface area contributed by atoms with Crippen molar-refractivity contribution in [3.63, 3.8) is 0 Å². The number of rotatable bonds is 3. The number of nitrogens with one attached hydrogen (secondary N) is 2. The first-order valence-corrected chi connectivity index (χ1v) is 5.93. The van der Waals surface area contributed by atoms with E-state index in [1.54, 1.807) is 0 Å². The molecule has 4 heteroatoms. The Morgan fingerprint density at radius 2 is 2.13 bits per heavy atom. The number of hydrogen-bond acceptors (Lipinski definition) is 3. The first kappa shape index (κ1) is 10.9. The minimum absolute atomic E-state index is 0.0324. The number of aliphatic hydroxyl groups is 1. The summed E-state index contributed by atoms with van der Waals surface area (Å²) in [7, 11) is 0. The normalized spacial score (nSPS) is 29.3.